The minimum Gasteiger partial charge on any atom is -0.438 e. The zero-order valence-corrected chi connectivity index (χ0v) is 9.19. The molecule has 0 aliphatic heterocycles. The van der Waals surface area contributed by atoms with Crippen LogP contribution < -0.4 is 10.5 Å². The van der Waals surface area contributed by atoms with Crippen LogP contribution in [-0.4, -0.2) is 24.5 Å². The van der Waals surface area contributed by atoms with Gasteiger partial charge in [0.2, 0.25) is 5.09 Å². The highest BCUT2D eigenvalue weighted by Gasteiger charge is 2.17. The molecule has 4 N–H and O–H groups in total. The van der Waals surface area contributed by atoms with Gasteiger partial charge in [-0.15, -0.1) is 0 Å². The molecule has 0 aromatic carbocycles. The Bertz CT molecular complexity index is 628. The number of primary sulfonamides is 1. The Morgan fingerprint density at radius 3 is 2.76 bits per heavy atom. The minimum atomic E-state index is -3.94. The first-order valence-electron chi connectivity index (χ1n) is 4.39. The van der Waals surface area contributed by atoms with E-state index in [2.05, 4.69) is 15.5 Å². The summed E-state index contributed by atoms with van der Waals surface area (Å²) in [6.07, 6.45) is 2.85. The number of nitrogens with two attached hydrogens (primary N) is 1. The number of aromatic amines is 1. The van der Waals surface area contributed by atoms with E-state index in [1.807, 2.05) is 0 Å². The van der Waals surface area contributed by atoms with Crippen LogP contribution in [0.1, 0.15) is 10.6 Å². The van der Waals surface area contributed by atoms with Gasteiger partial charge in [0, 0.05) is 6.20 Å². The van der Waals surface area contributed by atoms with E-state index in [-0.39, 0.29) is 5.76 Å². The number of nitrogens with zero attached hydrogens (tertiary/aromatic N) is 1. The first-order valence-corrected chi connectivity index (χ1v) is 5.94. The van der Waals surface area contributed by atoms with Gasteiger partial charge in [-0.25, -0.2) is 13.6 Å². The number of H-pyrrole nitrogens is 1. The van der Waals surface area contributed by atoms with Crippen LogP contribution in [0.15, 0.2) is 34.0 Å². The van der Waals surface area contributed by atoms with Gasteiger partial charge < -0.3 is 9.73 Å². The van der Waals surface area contributed by atoms with E-state index in [0.717, 1.165) is 6.07 Å². The fourth-order valence-electron chi connectivity index (χ4n) is 1.11. The van der Waals surface area contributed by atoms with Gasteiger partial charge in [-0.2, -0.15) is 5.10 Å². The first kappa shape index (κ1) is 11.4. The predicted octanol–water partition coefficient (Wildman–Crippen LogP) is -0.0976. The van der Waals surface area contributed by atoms with Gasteiger partial charge in [-0.3, -0.25) is 9.89 Å². The van der Waals surface area contributed by atoms with E-state index < -0.39 is 21.0 Å². The van der Waals surface area contributed by atoms with Crippen LogP contribution in [0.25, 0.3) is 0 Å². The number of anilines is 1. The molecule has 9 heteroatoms. The standard InChI is InChI=1S/C8H8N4O4S/c9-17(14,15)7-2-1-6(16-7)8(13)12-5-3-10-11-4-5/h1-4H,(H,10,11)(H,12,13)(H2,9,14,15). The van der Waals surface area contributed by atoms with Crippen LogP contribution in [0, 0.1) is 0 Å². The van der Waals surface area contributed by atoms with Crippen molar-refractivity contribution in [3.8, 4) is 0 Å². The third-order valence-electron chi connectivity index (χ3n) is 1.84. The second-order valence-corrected chi connectivity index (χ2v) is 4.60. The van der Waals surface area contributed by atoms with Gasteiger partial charge in [0.15, 0.2) is 5.76 Å². The molecule has 2 aromatic rings. The van der Waals surface area contributed by atoms with Crippen LogP contribution in [0.2, 0.25) is 0 Å². The SMILES string of the molecule is NS(=O)(=O)c1ccc(C(=O)Nc2cn[nH]c2)o1. The number of amides is 1. The lowest BCUT2D eigenvalue weighted by molar-refractivity contribution is 0.0991. The molecule has 0 unspecified atom stereocenters. The van der Waals surface area contributed by atoms with Crippen molar-refractivity contribution in [2.75, 3.05) is 5.32 Å². The van der Waals surface area contributed by atoms with E-state index >= 15 is 0 Å². The van der Waals surface area contributed by atoms with E-state index in [1.54, 1.807) is 0 Å². The number of carbonyl (C=O) groups excluding carboxylic acids is 1. The molecule has 90 valence electrons. The minimum absolute atomic E-state index is 0.157. The molecule has 0 bridgehead atoms. The molecule has 0 radical (unpaired) electrons. The zero-order chi connectivity index (χ0) is 12.5. The normalized spacial score (nSPS) is 11.4. The smallest absolute Gasteiger partial charge is 0.291 e. The molecule has 0 aliphatic rings. The third kappa shape index (κ3) is 2.52. The Hall–Kier alpha value is -2.13. The molecule has 0 aliphatic carbocycles. The van der Waals surface area contributed by atoms with E-state index in [0.29, 0.717) is 5.69 Å². The van der Waals surface area contributed by atoms with Crippen molar-refractivity contribution >= 4 is 21.6 Å². The molecule has 8 nitrogen and oxygen atoms in total. The zero-order valence-electron chi connectivity index (χ0n) is 8.38. The molecule has 1 amide bonds. The molecule has 2 heterocycles. The van der Waals surface area contributed by atoms with Crippen molar-refractivity contribution in [3.63, 3.8) is 0 Å². The summed E-state index contributed by atoms with van der Waals surface area (Å²) in [6.45, 7) is 0. The lowest BCUT2D eigenvalue weighted by Crippen LogP contribution is -2.12. The molecule has 0 atom stereocenters. The number of hydrogen-bond donors (Lipinski definition) is 3. The molecule has 2 rings (SSSR count). The van der Waals surface area contributed by atoms with Crippen molar-refractivity contribution in [3.05, 3.63) is 30.3 Å². The summed E-state index contributed by atoms with van der Waals surface area (Å²) in [7, 11) is -3.94. The number of aromatic nitrogens is 2. The number of hydrogen-bond acceptors (Lipinski definition) is 5. The van der Waals surface area contributed by atoms with Crippen molar-refractivity contribution in [2.24, 2.45) is 5.14 Å². The topological polar surface area (TPSA) is 131 Å². The largest absolute Gasteiger partial charge is 0.438 e. The highest BCUT2D eigenvalue weighted by molar-refractivity contribution is 7.89. The summed E-state index contributed by atoms with van der Waals surface area (Å²) >= 11 is 0. The van der Waals surface area contributed by atoms with Gasteiger partial charge in [0.25, 0.3) is 15.9 Å². The summed E-state index contributed by atoms with van der Waals surface area (Å²) in [5, 5.41) is 12.9. The van der Waals surface area contributed by atoms with E-state index in [4.69, 9.17) is 9.56 Å². The fraction of sp³-hybridized carbons (Fsp3) is 0. The second-order valence-electron chi connectivity index (χ2n) is 3.10. The van der Waals surface area contributed by atoms with Crippen LogP contribution in [0.3, 0.4) is 0 Å². The second kappa shape index (κ2) is 4.03. The van der Waals surface area contributed by atoms with E-state index in [9.17, 15) is 13.2 Å². The highest BCUT2D eigenvalue weighted by Crippen LogP contribution is 2.13. The lowest BCUT2D eigenvalue weighted by atomic mass is 10.4. The maximum absolute atomic E-state index is 11.6. The first-order chi connectivity index (χ1) is 7.97. The molecule has 17 heavy (non-hydrogen) atoms. The summed E-state index contributed by atoms with van der Waals surface area (Å²) in [5.74, 6) is -0.753. The number of rotatable bonds is 3. The summed E-state index contributed by atoms with van der Waals surface area (Å²) in [6, 6.07) is 2.33. The molecule has 0 spiro atoms. The van der Waals surface area contributed by atoms with Gasteiger partial charge in [-0.1, -0.05) is 0 Å². The van der Waals surface area contributed by atoms with Crippen molar-refractivity contribution in [2.45, 2.75) is 5.09 Å². The number of furan rings is 1. The van der Waals surface area contributed by atoms with Crippen LogP contribution >= 0.6 is 0 Å². The van der Waals surface area contributed by atoms with Gasteiger partial charge in [-0.05, 0) is 12.1 Å². The molecule has 0 saturated heterocycles. The molecular formula is C8H8N4O4S. The van der Waals surface area contributed by atoms with Crippen molar-refractivity contribution < 1.29 is 17.6 Å². The Morgan fingerprint density at radius 2 is 2.24 bits per heavy atom. The molecular weight excluding hydrogens is 248 g/mol. The summed E-state index contributed by atoms with van der Waals surface area (Å²) in [4.78, 5) is 11.6. The molecule has 2 aromatic heterocycles. The quantitative estimate of drug-likeness (QED) is 0.705. The molecule has 0 fully saturated rings. The Morgan fingerprint density at radius 1 is 1.47 bits per heavy atom. The summed E-state index contributed by atoms with van der Waals surface area (Å²) < 4.78 is 26.6. The van der Waals surface area contributed by atoms with Gasteiger partial charge >= 0.3 is 0 Å². The highest BCUT2D eigenvalue weighted by atomic mass is 32.2. The van der Waals surface area contributed by atoms with Crippen molar-refractivity contribution in [1.29, 1.82) is 0 Å². The monoisotopic (exact) mass is 256 g/mol. The van der Waals surface area contributed by atoms with Crippen molar-refractivity contribution in [1.82, 2.24) is 10.2 Å². The Balaban J connectivity index is 2.18. The van der Waals surface area contributed by atoms with Gasteiger partial charge in [0.05, 0.1) is 11.9 Å². The summed E-state index contributed by atoms with van der Waals surface area (Å²) in [5.41, 5.74) is 0.434. The van der Waals surface area contributed by atoms with Crippen LogP contribution in [-0.2, 0) is 10.0 Å². The number of nitrogens with one attached hydrogen (secondary N) is 2. The average Bonchev–Trinajstić information content (AvgIpc) is 2.85. The number of carbonyl (C=O) groups is 1. The molecule has 0 saturated carbocycles. The Labute approximate surface area is 95.9 Å². The fourth-order valence-corrected chi connectivity index (χ4v) is 1.57. The van der Waals surface area contributed by atoms with Crippen LogP contribution in [0.5, 0.6) is 0 Å². The predicted molar refractivity (Wildman–Crippen MR) is 56.6 cm³/mol. The lowest BCUT2D eigenvalue weighted by Gasteiger charge is -1.97. The maximum atomic E-state index is 11.6. The Kier molecular flexibility index (Phi) is 2.69. The maximum Gasteiger partial charge on any atom is 0.291 e. The van der Waals surface area contributed by atoms with E-state index in [1.165, 1.54) is 18.5 Å². The average molecular weight is 256 g/mol. The third-order valence-corrected chi connectivity index (χ3v) is 2.62. The number of sulfonamides is 1. The van der Waals surface area contributed by atoms with Crippen LogP contribution in [0.4, 0.5) is 5.69 Å². The van der Waals surface area contributed by atoms with Gasteiger partial charge in [0.1, 0.15) is 0 Å².